The van der Waals surface area contributed by atoms with Gasteiger partial charge >= 0.3 is 0 Å². The van der Waals surface area contributed by atoms with Crippen LogP contribution < -0.4 is 4.90 Å². The summed E-state index contributed by atoms with van der Waals surface area (Å²) in [5, 5.41) is 9.67. The number of rotatable bonds is 5. The number of hydrogen-bond donors (Lipinski definition) is 1. The van der Waals surface area contributed by atoms with Crippen LogP contribution in [0, 0.1) is 0 Å². The summed E-state index contributed by atoms with van der Waals surface area (Å²) in [5.74, 6) is 0.169. The minimum absolute atomic E-state index is 0.0368. The molecular weight excluding hydrogens is 408 g/mol. The summed E-state index contributed by atoms with van der Waals surface area (Å²) >= 11 is 0. The van der Waals surface area contributed by atoms with Gasteiger partial charge in [-0.25, -0.2) is 0 Å². The van der Waals surface area contributed by atoms with Crippen LogP contribution in [-0.4, -0.2) is 22.8 Å². The fraction of sp³-hybridized carbons (Fsp3) is 0.103. The summed E-state index contributed by atoms with van der Waals surface area (Å²) in [6.45, 7) is 0.473. The highest BCUT2D eigenvalue weighted by Gasteiger charge is 2.32. The van der Waals surface area contributed by atoms with Crippen molar-refractivity contribution in [2.45, 2.75) is 19.0 Å². The monoisotopic (exact) mass is 432 g/mol. The Morgan fingerprint density at radius 1 is 0.727 bits per heavy atom. The van der Waals surface area contributed by atoms with Gasteiger partial charge in [0.1, 0.15) is 11.8 Å². The summed E-state index contributed by atoms with van der Waals surface area (Å²) in [7, 11) is 0. The number of phenolic OH excluding ortho intramolecular Hbond substituents is 1. The van der Waals surface area contributed by atoms with Crippen molar-refractivity contribution in [1.29, 1.82) is 0 Å². The number of carbonyl (C=O) groups excluding carboxylic acids is 1. The number of carbonyl (C=O) groups is 1. The number of aliphatic imine (C=N–C) groups is 1. The quantitative estimate of drug-likeness (QED) is 0.460. The minimum Gasteiger partial charge on any atom is -0.508 e. The lowest BCUT2D eigenvalue weighted by atomic mass is 10.00. The summed E-state index contributed by atoms with van der Waals surface area (Å²) in [4.78, 5) is 20.8. The third-order valence-corrected chi connectivity index (χ3v) is 5.88. The maximum absolute atomic E-state index is 13.9. The van der Waals surface area contributed by atoms with Crippen LogP contribution in [0.3, 0.4) is 0 Å². The first kappa shape index (κ1) is 20.7. The van der Waals surface area contributed by atoms with Crippen LogP contribution in [-0.2, 0) is 17.8 Å². The Kier molecular flexibility index (Phi) is 5.73. The zero-order valence-electron chi connectivity index (χ0n) is 18.1. The molecule has 0 aromatic heterocycles. The Balaban J connectivity index is 1.63. The van der Waals surface area contributed by atoms with Crippen molar-refractivity contribution in [3.05, 3.63) is 131 Å². The van der Waals surface area contributed by atoms with E-state index in [4.69, 9.17) is 4.99 Å². The van der Waals surface area contributed by atoms with Gasteiger partial charge in [-0.2, -0.15) is 0 Å². The first-order valence-corrected chi connectivity index (χ1v) is 11.0. The van der Waals surface area contributed by atoms with Crippen LogP contribution in [0.4, 0.5) is 5.69 Å². The van der Waals surface area contributed by atoms with Crippen LogP contribution in [0.15, 0.2) is 114 Å². The van der Waals surface area contributed by atoms with Crippen LogP contribution in [0.25, 0.3) is 0 Å². The number of anilines is 1. The van der Waals surface area contributed by atoms with Crippen LogP contribution >= 0.6 is 0 Å². The molecule has 0 saturated heterocycles. The largest absolute Gasteiger partial charge is 0.508 e. The molecule has 4 heteroatoms. The smallest absolute Gasteiger partial charge is 0.252 e. The minimum atomic E-state index is -0.583. The lowest BCUT2D eigenvalue weighted by molar-refractivity contribution is -0.119. The van der Waals surface area contributed by atoms with Gasteiger partial charge in [0.15, 0.2) is 0 Å². The molecule has 1 N–H and O–H groups in total. The topological polar surface area (TPSA) is 52.9 Å². The molecule has 1 aliphatic rings. The molecule has 0 bridgehead atoms. The Morgan fingerprint density at radius 3 is 2.09 bits per heavy atom. The van der Waals surface area contributed by atoms with Crippen molar-refractivity contribution in [1.82, 2.24) is 0 Å². The fourth-order valence-corrected chi connectivity index (χ4v) is 4.23. The van der Waals surface area contributed by atoms with E-state index in [0.29, 0.717) is 13.0 Å². The van der Waals surface area contributed by atoms with Gasteiger partial charge < -0.3 is 10.0 Å². The zero-order chi connectivity index (χ0) is 22.6. The van der Waals surface area contributed by atoms with E-state index < -0.39 is 6.04 Å². The Bertz CT molecular complexity index is 1280. The van der Waals surface area contributed by atoms with Crippen molar-refractivity contribution in [2.24, 2.45) is 4.99 Å². The molecular formula is C29H24N2O2. The third-order valence-electron chi connectivity index (χ3n) is 5.88. The first-order chi connectivity index (χ1) is 16.2. The summed E-state index contributed by atoms with van der Waals surface area (Å²) < 4.78 is 0. The highest BCUT2D eigenvalue weighted by atomic mass is 16.3. The van der Waals surface area contributed by atoms with Crippen LogP contribution in [0.1, 0.15) is 22.3 Å². The summed E-state index contributed by atoms with van der Waals surface area (Å²) in [5.41, 5.74) is 5.62. The van der Waals surface area contributed by atoms with E-state index in [1.807, 2.05) is 102 Å². The maximum Gasteiger partial charge on any atom is 0.252 e. The molecule has 0 aliphatic carbocycles. The number of amides is 1. The lowest BCUT2D eigenvalue weighted by Crippen LogP contribution is -2.38. The van der Waals surface area contributed by atoms with E-state index >= 15 is 0 Å². The van der Waals surface area contributed by atoms with Gasteiger partial charge in [-0.1, -0.05) is 91.0 Å². The first-order valence-electron chi connectivity index (χ1n) is 11.0. The van der Waals surface area contributed by atoms with Crippen molar-refractivity contribution < 1.29 is 9.90 Å². The number of benzene rings is 4. The molecule has 1 atom stereocenters. The molecule has 0 unspecified atom stereocenters. The van der Waals surface area contributed by atoms with Gasteiger partial charge in [-0.05, 0) is 29.3 Å². The Hall–Kier alpha value is -4.18. The summed E-state index contributed by atoms with van der Waals surface area (Å²) in [6.07, 6.45) is 0.453. The second-order valence-corrected chi connectivity index (χ2v) is 8.16. The molecule has 4 aromatic rings. The standard InChI is InChI=1S/C29H24N2O2/c32-24-17-15-21(16-18-24)19-26-29(33)31(20-22-9-3-1-4-10-22)27-14-8-7-13-25(27)28(30-26)23-11-5-2-6-12-23/h1-18,26,32H,19-20H2/t26-/m0/s1. The average Bonchev–Trinajstić information content (AvgIpc) is 2.97. The zero-order valence-corrected chi connectivity index (χ0v) is 18.1. The number of hydrogen-bond acceptors (Lipinski definition) is 3. The predicted molar refractivity (Wildman–Crippen MR) is 132 cm³/mol. The van der Waals surface area contributed by atoms with Crippen LogP contribution in [0.2, 0.25) is 0 Å². The molecule has 33 heavy (non-hydrogen) atoms. The Morgan fingerprint density at radius 2 is 1.36 bits per heavy atom. The number of benzodiazepines with no additional fused rings is 1. The van der Waals surface area contributed by atoms with E-state index in [0.717, 1.165) is 33.7 Å². The highest BCUT2D eigenvalue weighted by Crippen LogP contribution is 2.31. The third kappa shape index (κ3) is 4.41. The number of aromatic hydroxyl groups is 1. The molecule has 4 aromatic carbocycles. The van der Waals surface area contributed by atoms with E-state index in [9.17, 15) is 9.90 Å². The molecule has 0 spiro atoms. The van der Waals surface area contributed by atoms with E-state index in [2.05, 4.69) is 0 Å². The van der Waals surface area contributed by atoms with Crippen molar-refractivity contribution in [3.63, 3.8) is 0 Å². The van der Waals surface area contributed by atoms with Gasteiger partial charge in [0.25, 0.3) is 5.91 Å². The molecule has 5 rings (SSSR count). The molecule has 0 radical (unpaired) electrons. The molecule has 4 nitrogen and oxygen atoms in total. The summed E-state index contributed by atoms with van der Waals surface area (Å²) in [6, 6.07) is 34.4. The van der Waals surface area contributed by atoms with Crippen molar-refractivity contribution in [2.75, 3.05) is 4.90 Å². The van der Waals surface area contributed by atoms with Crippen LogP contribution in [0.5, 0.6) is 5.75 Å². The maximum atomic E-state index is 13.9. The fourth-order valence-electron chi connectivity index (χ4n) is 4.23. The van der Waals surface area contributed by atoms with Gasteiger partial charge in [0.2, 0.25) is 0 Å². The highest BCUT2D eigenvalue weighted by molar-refractivity contribution is 6.20. The van der Waals surface area contributed by atoms with Crippen molar-refractivity contribution >= 4 is 17.3 Å². The molecule has 1 aliphatic heterocycles. The lowest BCUT2D eigenvalue weighted by Gasteiger charge is -2.25. The number of para-hydroxylation sites is 1. The number of phenols is 1. The van der Waals surface area contributed by atoms with Gasteiger partial charge in [0, 0.05) is 17.5 Å². The van der Waals surface area contributed by atoms with Crippen molar-refractivity contribution in [3.8, 4) is 5.75 Å². The van der Waals surface area contributed by atoms with E-state index in [1.54, 1.807) is 12.1 Å². The number of fused-ring (bicyclic) bond motifs is 1. The van der Waals surface area contributed by atoms with Gasteiger partial charge in [-0.15, -0.1) is 0 Å². The second-order valence-electron chi connectivity index (χ2n) is 8.16. The van der Waals surface area contributed by atoms with Gasteiger partial charge in [0.05, 0.1) is 17.9 Å². The SMILES string of the molecule is O=C1[C@H](Cc2ccc(O)cc2)N=C(c2ccccc2)c2ccccc2N1Cc1ccccc1. The Labute approximate surface area is 193 Å². The second kappa shape index (κ2) is 9.13. The van der Waals surface area contributed by atoms with E-state index in [1.165, 1.54) is 0 Å². The number of nitrogens with zero attached hydrogens (tertiary/aromatic N) is 2. The molecule has 0 fully saturated rings. The normalized spacial score (nSPS) is 15.5. The molecule has 1 amide bonds. The molecule has 0 saturated carbocycles. The van der Waals surface area contributed by atoms with Gasteiger partial charge in [-0.3, -0.25) is 9.79 Å². The van der Waals surface area contributed by atoms with E-state index in [-0.39, 0.29) is 11.7 Å². The molecule has 1 heterocycles. The average molecular weight is 433 g/mol. The molecule has 162 valence electrons. The predicted octanol–water partition coefficient (Wildman–Crippen LogP) is 5.39.